The fraction of sp³-hybridized carbons (Fsp3) is 0.562. The maximum atomic E-state index is 12.4. The lowest BCUT2D eigenvalue weighted by Crippen LogP contribution is -2.29. The lowest BCUT2D eigenvalue weighted by molar-refractivity contribution is -0.120. The summed E-state index contributed by atoms with van der Waals surface area (Å²) in [4.78, 5) is 63.6. The number of nitrogens with one attached hydrogen (secondary N) is 1. The molecule has 0 aromatic carbocycles. The second kappa shape index (κ2) is 14.6. The Labute approximate surface area is 228 Å². The molecule has 1 aliphatic rings. The average molecular weight is 654 g/mol. The molecule has 0 bridgehead atoms. The highest BCUT2D eigenvalue weighted by Crippen LogP contribution is 2.66. The van der Waals surface area contributed by atoms with E-state index < -0.39 is 54.2 Å². The molecule has 0 radical (unpaired) electrons. The van der Waals surface area contributed by atoms with Crippen LogP contribution in [-0.4, -0.2) is 77.5 Å². The fourth-order valence-corrected chi connectivity index (χ4v) is 7.09. The number of rotatable bonds is 13. The first kappa shape index (κ1) is 33.9. The van der Waals surface area contributed by atoms with Crippen LogP contribution >= 0.6 is 45.1 Å². The van der Waals surface area contributed by atoms with Gasteiger partial charge in [0.05, 0.1) is 24.8 Å². The van der Waals surface area contributed by atoms with Crippen LogP contribution in [0.5, 0.6) is 0 Å². The number of nitrogens with two attached hydrogens (primary N) is 1. The van der Waals surface area contributed by atoms with Crippen LogP contribution in [0, 0.1) is 11.8 Å². The summed E-state index contributed by atoms with van der Waals surface area (Å²) in [6.45, 7) is -0.914. The van der Waals surface area contributed by atoms with Gasteiger partial charge in [-0.3, -0.25) is 13.9 Å². The van der Waals surface area contributed by atoms with Crippen LogP contribution in [0.25, 0.3) is 0 Å². The van der Waals surface area contributed by atoms with Gasteiger partial charge in [-0.05, 0) is 6.26 Å². The molecule has 0 spiro atoms. The summed E-state index contributed by atoms with van der Waals surface area (Å²) < 4.78 is 52.1. The van der Waals surface area contributed by atoms with Crippen LogP contribution in [0.2, 0.25) is 0 Å². The fourth-order valence-electron chi connectivity index (χ4n) is 2.88. The van der Waals surface area contributed by atoms with Gasteiger partial charge in [-0.25, -0.2) is 18.5 Å². The minimum atomic E-state index is -5.72. The van der Waals surface area contributed by atoms with E-state index in [4.69, 9.17) is 20.3 Å². The number of anilines is 1. The molecule has 1 aromatic rings. The predicted molar refractivity (Wildman–Crippen MR) is 138 cm³/mol. The molecule has 1 aliphatic heterocycles. The Morgan fingerprint density at radius 3 is 2.62 bits per heavy atom. The van der Waals surface area contributed by atoms with Crippen LogP contribution in [-0.2, 0) is 36.4 Å². The molecule has 3 unspecified atom stereocenters. The Kier molecular flexibility index (Phi) is 12.7. The van der Waals surface area contributed by atoms with Crippen molar-refractivity contribution in [2.45, 2.75) is 31.3 Å². The summed E-state index contributed by atoms with van der Waals surface area (Å²) in [5.74, 6) is 5.58. The number of phosphoric ester groups is 1. The lowest BCUT2D eigenvalue weighted by atomic mass is 10.2. The molecule has 39 heavy (non-hydrogen) atoms. The third-order valence-corrected chi connectivity index (χ3v) is 10.1. The Balaban J connectivity index is 2.02. The number of hydrogen-bond donors (Lipinski definition) is 7. The Morgan fingerprint density at radius 2 is 1.97 bits per heavy atom. The summed E-state index contributed by atoms with van der Waals surface area (Å²) in [6.07, 6.45) is -0.715. The molecule has 1 aromatic heterocycles. The smallest absolute Gasteiger partial charge is 0.390 e. The van der Waals surface area contributed by atoms with E-state index >= 15 is 0 Å². The zero-order chi connectivity index (χ0) is 29.4. The van der Waals surface area contributed by atoms with Gasteiger partial charge in [-0.2, -0.15) is 13.6 Å². The molecule has 0 aliphatic carbocycles. The molecule has 2 heterocycles. The molecule has 5 atom stereocenters. The molecule has 2 rings (SSSR count). The van der Waals surface area contributed by atoms with Crippen LogP contribution in [0.15, 0.2) is 11.0 Å². The highest BCUT2D eigenvalue weighted by molar-refractivity contribution is 8.76. The first-order valence-corrected chi connectivity index (χ1v) is 17.7. The summed E-state index contributed by atoms with van der Waals surface area (Å²) in [5.41, 5.74) is 4.98. The molecule has 1 fully saturated rings. The number of aliphatic hydroxyl groups is 1. The number of carbonyl (C=O) groups excluding carboxylic acids is 1. The first-order chi connectivity index (χ1) is 18.0. The van der Waals surface area contributed by atoms with Crippen molar-refractivity contribution in [3.8, 4) is 11.8 Å². The number of ether oxygens (including phenoxy) is 1. The van der Waals surface area contributed by atoms with Gasteiger partial charge in [0.1, 0.15) is 18.1 Å². The minimum Gasteiger partial charge on any atom is -0.390 e. The van der Waals surface area contributed by atoms with Crippen molar-refractivity contribution in [3.63, 3.8) is 0 Å². The number of nitrogens with zero attached hydrogens (tertiary/aromatic N) is 2. The maximum Gasteiger partial charge on any atom is 0.490 e. The minimum absolute atomic E-state index is 0.00263. The van der Waals surface area contributed by atoms with Gasteiger partial charge in [0.2, 0.25) is 5.91 Å². The number of aromatic nitrogens is 2. The molecule has 18 nitrogen and oxygen atoms in total. The third kappa shape index (κ3) is 12.0. The molecular formula is C16H25N4O14P3S2. The van der Waals surface area contributed by atoms with Crippen molar-refractivity contribution in [2.24, 2.45) is 0 Å². The van der Waals surface area contributed by atoms with E-state index in [1.165, 1.54) is 17.0 Å². The third-order valence-electron chi connectivity index (χ3n) is 4.44. The number of phosphoric acid groups is 3. The summed E-state index contributed by atoms with van der Waals surface area (Å²) in [5, 5.41) is 12.8. The zero-order valence-electron chi connectivity index (χ0n) is 19.9. The predicted octanol–water partition coefficient (Wildman–Crippen LogP) is -0.314. The van der Waals surface area contributed by atoms with Gasteiger partial charge in [0.15, 0.2) is 0 Å². The van der Waals surface area contributed by atoms with Crippen molar-refractivity contribution in [1.29, 1.82) is 0 Å². The number of nitrogen functional groups attached to an aromatic ring is 1. The number of amides is 1. The standard InChI is InChI=1S/C16H25N4O14P3S2/c1-38-39-6-4-13(22)18-5-2-3-10-8-20(16(23)19-15(10)17)14-7-11(21)12(32-14)9-31-36(27,28)34-37(29,30)33-35(24,25)26/h8,11-12,14,21H,4-7,9H2,1H3,(H,18,22)(H,27,28)(H,29,30)(H2,17,19,23)(H2,24,25,26)/t11?,12-,14-/m1/s1. The second-order valence-corrected chi connectivity index (χ2v) is 14.5. The zero-order valence-corrected chi connectivity index (χ0v) is 24.2. The van der Waals surface area contributed by atoms with E-state index in [1.54, 1.807) is 10.8 Å². The maximum absolute atomic E-state index is 12.4. The number of aliphatic hydroxyl groups excluding tert-OH is 1. The van der Waals surface area contributed by atoms with E-state index in [1.807, 2.05) is 6.26 Å². The van der Waals surface area contributed by atoms with Crippen LogP contribution in [0.4, 0.5) is 5.82 Å². The van der Waals surface area contributed by atoms with Crippen LogP contribution in [0.3, 0.4) is 0 Å². The number of hydrogen-bond acceptors (Lipinski definition) is 14. The summed E-state index contributed by atoms with van der Waals surface area (Å²) in [6, 6.07) is 0. The Hall–Kier alpha value is -1.26. The topological polar surface area (TPSA) is 279 Å². The largest absolute Gasteiger partial charge is 0.490 e. The van der Waals surface area contributed by atoms with E-state index in [2.05, 4.69) is 35.3 Å². The normalized spacial score (nSPS) is 22.4. The average Bonchev–Trinajstić information content (AvgIpc) is 3.14. The highest BCUT2D eigenvalue weighted by Gasteiger charge is 2.43. The Morgan fingerprint density at radius 1 is 1.28 bits per heavy atom. The van der Waals surface area contributed by atoms with Crippen LogP contribution in [0.1, 0.15) is 24.6 Å². The van der Waals surface area contributed by atoms with Crippen molar-refractivity contribution < 1.29 is 61.1 Å². The molecule has 0 saturated carbocycles. The van der Waals surface area contributed by atoms with Crippen molar-refractivity contribution in [2.75, 3.05) is 30.9 Å². The molecule has 1 amide bonds. The van der Waals surface area contributed by atoms with Crippen LogP contribution < -0.4 is 16.7 Å². The SMILES string of the molecule is CSSCCC(=O)NCC#Cc1cn([C@H]2CC(O)[C@@H](COP(=O)(O)OP(=O)(O)OP(=O)(O)O)O2)c(=O)nc1N. The Bertz CT molecular complexity index is 1300. The van der Waals surface area contributed by atoms with Crippen molar-refractivity contribution in [3.05, 3.63) is 22.2 Å². The quantitative estimate of drug-likeness (QED) is 0.0621. The monoisotopic (exact) mass is 654 g/mol. The van der Waals surface area contributed by atoms with Crippen molar-refractivity contribution in [1.82, 2.24) is 14.9 Å². The molecule has 220 valence electrons. The van der Waals surface area contributed by atoms with Crippen molar-refractivity contribution >= 4 is 56.8 Å². The summed E-state index contributed by atoms with van der Waals surface area (Å²) >= 11 is 0. The molecule has 23 heteroatoms. The molecule has 8 N–H and O–H groups in total. The van der Waals surface area contributed by atoms with Gasteiger partial charge in [-0.1, -0.05) is 33.4 Å². The van der Waals surface area contributed by atoms with Gasteiger partial charge in [0.25, 0.3) is 0 Å². The summed E-state index contributed by atoms with van der Waals surface area (Å²) in [7, 11) is -13.7. The van der Waals surface area contributed by atoms with E-state index in [0.717, 1.165) is 4.57 Å². The molecule has 1 saturated heterocycles. The van der Waals surface area contributed by atoms with E-state index in [0.29, 0.717) is 12.2 Å². The molecular weight excluding hydrogens is 629 g/mol. The highest BCUT2D eigenvalue weighted by atomic mass is 33.1. The van der Waals surface area contributed by atoms with E-state index in [9.17, 15) is 38.2 Å². The van der Waals surface area contributed by atoms with E-state index in [-0.39, 0.29) is 30.3 Å². The second-order valence-electron chi connectivity index (χ2n) is 7.37. The first-order valence-electron chi connectivity index (χ1n) is 10.4. The van der Waals surface area contributed by atoms with Gasteiger partial charge >= 0.3 is 29.2 Å². The lowest BCUT2D eigenvalue weighted by Gasteiger charge is -2.19. The van der Waals surface area contributed by atoms with Gasteiger partial charge < -0.3 is 40.5 Å². The number of carbonyl (C=O) groups is 1. The van der Waals surface area contributed by atoms with Gasteiger partial charge in [0, 0.05) is 24.8 Å². The van der Waals surface area contributed by atoms with Gasteiger partial charge in [-0.15, -0.1) is 0 Å².